The van der Waals surface area contributed by atoms with Crippen molar-refractivity contribution in [2.45, 2.75) is 57.7 Å². The van der Waals surface area contributed by atoms with Crippen LogP contribution in [-0.2, 0) is 15.7 Å². The number of nitrogens with two attached hydrogens (primary N) is 1. The fraction of sp³-hybridized carbons (Fsp3) is 0.667. The van der Waals surface area contributed by atoms with Crippen molar-refractivity contribution >= 4 is 7.12 Å². The van der Waals surface area contributed by atoms with E-state index in [0.717, 1.165) is 17.9 Å². The normalized spacial score (nSPS) is 38.8. The van der Waals surface area contributed by atoms with Crippen LogP contribution in [-0.4, -0.2) is 24.8 Å². The van der Waals surface area contributed by atoms with Crippen molar-refractivity contribution in [1.29, 1.82) is 0 Å². The SMILES string of the molecule is CC1(C)C2CC1[C@]1(C)OB([C@@H](N)Cc3ccc(F)cc3)O[C@@H]1C2. The topological polar surface area (TPSA) is 44.5 Å². The van der Waals surface area contributed by atoms with Crippen LogP contribution in [0.3, 0.4) is 0 Å². The third kappa shape index (κ3) is 2.28. The first-order chi connectivity index (χ1) is 10.8. The van der Waals surface area contributed by atoms with Gasteiger partial charge in [-0.1, -0.05) is 26.0 Å². The van der Waals surface area contributed by atoms with Crippen molar-refractivity contribution in [3.63, 3.8) is 0 Å². The molecule has 5 heteroatoms. The van der Waals surface area contributed by atoms with Gasteiger partial charge in [-0.3, -0.25) is 0 Å². The minimum atomic E-state index is -0.370. The first kappa shape index (κ1) is 15.6. The second-order valence-corrected chi connectivity index (χ2v) is 8.33. The molecule has 2 unspecified atom stereocenters. The molecule has 0 aromatic heterocycles. The molecular formula is C18H25BFNO2. The Kier molecular flexibility index (Phi) is 3.42. The molecule has 3 nitrogen and oxygen atoms in total. The molecule has 1 aromatic carbocycles. The molecule has 4 aliphatic rings. The van der Waals surface area contributed by atoms with Crippen molar-refractivity contribution in [3.8, 4) is 0 Å². The first-order valence-electron chi connectivity index (χ1n) is 8.64. The number of rotatable bonds is 3. The molecule has 0 amide bonds. The summed E-state index contributed by atoms with van der Waals surface area (Å²) in [6.07, 6.45) is 3.09. The van der Waals surface area contributed by atoms with E-state index in [1.54, 1.807) is 12.1 Å². The van der Waals surface area contributed by atoms with Crippen molar-refractivity contribution in [2.24, 2.45) is 23.0 Å². The molecule has 124 valence electrons. The van der Waals surface area contributed by atoms with E-state index < -0.39 is 0 Å². The summed E-state index contributed by atoms with van der Waals surface area (Å²) in [7, 11) is -0.370. The molecule has 1 aromatic rings. The standard InChI is InChI=1S/C18H25BFNO2/c1-17(2)12-9-14(17)18(3)15(10-12)22-19(23-18)16(21)8-11-4-6-13(20)7-5-11/h4-7,12,14-16H,8-10,21H2,1-3H3/t12?,14?,15-,16+,18+/m1/s1. The average molecular weight is 317 g/mol. The van der Waals surface area contributed by atoms with Crippen LogP contribution in [0, 0.1) is 23.1 Å². The van der Waals surface area contributed by atoms with E-state index in [9.17, 15) is 4.39 Å². The van der Waals surface area contributed by atoms with Crippen LogP contribution in [0.1, 0.15) is 39.2 Å². The fourth-order valence-corrected chi connectivity index (χ4v) is 5.07. The molecule has 0 spiro atoms. The molecule has 5 rings (SSSR count). The van der Waals surface area contributed by atoms with E-state index >= 15 is 0 Å². The second-order valence-electron chi connectivity index (χ2n) is 8.33. The average Bonchev–Trinajstić information content (AvgIpc) is 2.86. The lowest BCUT2D eigenvalue weighted by molar-refractivity contribution is -0.199. The summed E-state index contributed by atoms with van der Waals surface area (Å²) in [4.78, 5) is 0. The van der Waals surface area contributed by atoms with Crippen molar-refractivity contribution < 1.29 is 13.7 Å². The molecule has 1 heterocycles. The van der Waals surface area contributed by atoms with Crippen LogP contribution in [0.4, 0.5) is 4.39 Å². The Morgan fingerprint density at radius 1 is 1.26 bits per heavy atom. The maximum absolute atomic E-state index is 13.0. The van der Waals surface area contributed by atoms with Gasteiger partial charge in [-0.25, -0.2) is 4.39 Å². The molecule has 2 bridgehead atoms. The van der Waals surface area contributed by atoms with Gasteiger partial charge in [-0.15, -0.1) is 0 Å². The zero-order valence-electron chi connectivity index (χ0n) is 14.1. The fourth-order valence-electron chi connectivity index (χ4n) is 5.07. The Morgan fingerprint density at radius 2 is 1.96 bits per heavy atom. The third-order valence-electron chi connectivity index (χ3n) is 6.70. The summed E-state index contributed by atoms with van der Waals surface area (Å²) in [6, 6.07) is 6.49. The van der Waals surface area contributed by atoms with Crippen LogP contribution in [0.5, 0.6) is 0 Å². The van der Waals surface area contributed by atoms with Gasteiger partial charge in [-0.2, -0.15) is 0 Å². The van der Waals surface area contributed by atoms with Crippen LogP contribution in [0.15, 0.2) is 24.3 Å². The largest absolute Gasteiger partial charge is 0.475 e. The van der Waals surface area contributed by atoms with Crippen LogP contribution >= 0.6 is 0 Å². The maximum atomic E-state index is 13.0. The summed E-state index contributed by atoms with van der Waals surface area (Å²) in [5.41, 5.74) is 7.47. The van der Waals surface area contributed by atoms with Gasteiger partial charge in [-0.05, 0) is 61.1 Å². The maximum Gasteiger partial charge on any atom is 0.475 e. The predicted octanol–water partition coefficient (Wildman–Crippen LogP) is 2.96. The minimum absolute atomic E-state index is 0.156. The number of benzene rings is 1. The van der Waals surface area contributed by atoms with E-state index in [4.69, 9.17) is 15.0 Å². The van der Waals surface area contributed by atoms with E-state index in [1.165, 1.54) is 18.6 Å². The first-order valence-corrected chi connectivity index (χ1v) is 8.64. The lowest BCUT2D eigenvalue weighted by atomic mass is 9.43. The summed E-state index contributed by atoms with van der Waals surface area (Å²) in [5.74, 6) is 0.822. The highest BCUT2D eigenvalue weighted by atomic mass is 19.1. The molecule has 1 saturated heterocycles. The summed E-state index contributed by atoms with van der Waals surface area (Å²) < 4.78 is 25.6. The van der Waals surface area contributed by atoms with Crippen molar-refractivity contribution in [1.82, 2.24) is 0 Å². The summed E-state index contributed by atoms with van der Waals surface area (Å²) >= 11 is 0. The van der Waals surface area contributed by atoms with Crippen LogP contribution in [0.2, 0.25) is 0 Å². The Morgan fingerprint density at radius 3 is 2.61 bits per heavy atom. The monoisotopic (exact) mass is 317 g/mol. The molecule has 2 N–H and O–H groups in total. The van der Waals surface area contributed by atoms with Gasteiger partial charge >= 0.3 is 7.12 Å². The third-order valence-corrected chi connectivity index (χ3v) is 6.70. The Hall–Kier alpha value is -0.905. The van der Waals surface area contributed by atoms with Crippen molar-refractivity contribution in [2.75, 3.05) is 0 Å². The Balaban J connectivity index is 1.47. The Labute approximate surface area is 137 Å². The molecule has 3 aliphatic carbocycles. The molecule has 1 aliphatic heterocycles. The lowest BCUT2D eigenvalue weighted by Gasteiger charge is -2.64. The van der Waals surface area contributed by atoms with Crippen molar-refractivity contribution in [3.05, 3.63) is 35.6 Å². The minimum Gasteiger partial charge on any atom is -0.404 e. The van der Waals surface area contributed by atoms with Crippen LogP contribution in [0.25, 0.3) is 0 Å². The predicted molar refractivity (Wildman–Crippen MR) is 88.2 cm³/mol. The van der Waals surface area contributed by atoms with Gasteiger partial charge in [0.2, 0.25) is 0 Å². The van der Waals surface area contributed by atoms with E-state index in [0.29, 0.717) is 17.8 Å². The zero-order chi connectivity index (χ0) is 16.4. The molecular weight excluding hydrogens is 292 g/mol. The highest BCUT2D eigenvalue weighted by Crippen LogP contribution is 2.65. The highest BCUT2D eigenvalue weighted by Gasteiger charge is 2.68. The molecule has 0 radical (unpaired) electrons. The van der Waals surface area contributed by atoms with Gasteiger partial charge < -0.3 is 15.0 Å². The number of halogens is 1. The second kappa shape index (κ2) is 5.04. The smallest absolute Gasteiger partial charge is 0.404 e. The lowest BCUT2D eigenvalue weighted by Crippen LogP contribution is -2.65. The van der Waals surface area contributed by atoms with Gasteiger partial charge in [0.05, 0.1) is 11.7 Å². The van der Waals surface area contributed by atoms with E-state index in [2.05, 4.69) is 20.8 Å². The summed E-state index contributed by atoms with van der Waals surface area (Å²) in [5, 5.41) is 0. The van der Waals surface area contributed by atoms with Gasteiger partial charge in [0.15, 0.2) is 0 Å². The summed E-state index contributed by atoms with van der Waals surface area (Å²) in [6.45, 7) is 6.90. The van der Waals surface area contributed by atoms with Crippen LogP contribution < -0.4 is 5.73 Å². The number of hydrogen-bond donors (Lipinski definition) is 1. The van der Waals surface area contributed by atoms with Gasteiger partial charge in [0.25, 0.3) is 0 Å². The quantitative estimate of drug-likeness (QED) is 0.872. The molecule has 5 atom stereocenters. The highest BCUT2D eigenvalue weighted by molar-refractivity contribution is 6.47. The Bertz CT molecular complexity index is 608. The molecule has 4 fully saturated rings. The van der Waals surface area contributed by atoms with E-state index in [-0.39, 0.29) is 30.6 Å². The van der Waals surface area contributed by atoms with Gasteiger partial charge in [0, 0.05) is 5.94 Å². The molecule has 23 heavy (non-hydrogen) atoms. The van der Waals surface area contributed by atoms with E-state index in [1.807, 2.05) is 0 Å². The molecule has 3 saturated carbocycles. The van der Waals surface area contributed by atoms with Gasteiger partial charge in [0.1, 0.15) is 5.82 Å². The zero-order valence-corrected chi connectivity index (χ0v) is 14.1. The number of hydrogen-bond acceptors (Lipinski definition) is 3.